The lowest BCUT2D eigenvalue weighted by molar-refractivity contribution is -0.0665. The number of likely N-dealkylation sites (tertiary alicyclic amines) is 1. The third-order valence-corrected chi connectivity index (χ3v) is 13.1. The third-order valence-electron chi connectivity index (χ3n) is 13.1. The Morgan fingerprint density at radius 3 is 2.70 bits per heavy atom. The van der Waals surface area contributed by atoms with Crippen molar-refractivity contribution in [3.63, 3.8) is 0 Å². The molecule has 3 saturated carbocycles. The lowest BCUT2D eigenvalue weighted by atomic mass is 9.52. The van der Waals surface area contributed by atoms with Crippen molar-refractivity contribution >= 4 is 6.09 Å². The van der Waals surface area contributed by atoms with E-state index < -0.39 is 0 Å². The van der Waals surface area contributed by atoms with Crippen LogP contribution in [0.3, 0.4) is 0 Å². The molecule has 5 fully saturated rings. The topological polar surface area (TPSA) is 64.8 Å². The number of benzene rings is 1. The lowest BCUT2D eigenvalue weighted by Gasteiger charge is -2.54. The number of ether oxygens (including phenoxy) is 2. The maximum absolute atomic E-state index is 13.5. The number of hydrogen-bond donors (Lipinski definition) is 1. The quantitative estimate of drug-likeness (QED) is 0.402. The number of fused-ring (bicyclic) bond motifs is 6. The van der Waals surface area contributed by atoms with E-state index in [9.17, 15) is 4.79 Å². The molecule has 40 heavy (non-hydrogen) atoms. The number of nitrogens with two attached hydrogens (primary N) is 1. The Labute approximate surface area is 241 Å². The summed E-state index contributed by atoms with van der Waals surface area (Å²) >= 11 is 0. The fourth-order valence-corrected chi connectivity index (χ4v) is 11.0. The van der Waals surface area contributed by atoms with Crippen LogP contribution in [0.2, 0.25) is 0 Å². The first-order valence-electron chi connectivity index (χ1n) is 16.3. The molecule has 0 radical (unpaired) electrons. The van der Waals surface area contributed by atoms with Crippen molar-refractivity contribution in [3.05, 3.63) is 47.0 Å². The van der Waals surface area contributed by atoms with E-state index in [0.717, 1.165) is 48.6 Å². The molecule has 2 saturated heterocycles. The first-order chi connectivity index (χ1) is 19.2. The average Bonchev–Trinajstić information content (AvgIpc) is 3.47. The number of hydrogen-bond acceptors (Lipinski definition) is 4. The number of carbonyl (C=O) groups excluding carboxylic acids is 1. The van der Waals surface area contributed by atoms with Crippen LogP contribution in [0, 0.1) is 40.9 Å². The normalized spacial score (nSPS) is 46.0. The number of amides is 1. The molecule has 0 aromatic heterocycles. The minimum Gasteiger partial charge on any atom is -0.445 e. The van der Waals surface area contributed by atoms with E-state index in [1.807, 2.05) is 35.2 Å². The monoisotopic (exact) mass is 546 g/mol. The second-order valence-corrected chi connectivity index (χ2v) is 14.9. The van der Waals surface area contributed by atoms with Crippen LogP contribution < -0.4 is 5.73 Å². The molecule has 6 aliphatic rings. The van der Waals surface area contributed by atoms with Gasteiger partial charge in [0.25, 0.3) is 0 Å². The number of carbonyl (C=O) groups is 1. The van der Waals surface area contributed by atoms with E-state index in [2.05, 4.69) is 27.7 Å². The van der Waals surface area contributed by atoms with Crippen molar-refractivity contribution in [2.75, 3.05) is 6.54 Å². The summed E-state index contributed by atoms with van der Waals surface area (Å²) in [7, 11) is 0. The number of rotatable bonds is 2. The van der Waals surface area contributed by atoms with Gasteiger partial charge in [-0.25, -0.2) is 4.79 Å². The highest BCUT2D eigenvalue weighted by molar-refractivity contribution is 5.68. The van der Waals surface area contributed by atoms with Crippen LogP contribution in [0.1, 0.15) is 91.0 Å². The molecule has 1 aromatic rings. The molecule has 11 atom stereocenters. The Kier molecular flexibility index (Phi) is 6.66. The van der Waals surface area contributed by atoms with E-state index in [1.165, 1.54) is 50.5 Å². The van der Waals surface area contributed by atoms with Gasteiger partial charge in [0, 0.05) is 18.5 Å². The minimum absolute atomic E-state index is 0.0805. The van der Waals surface area contributed by atoms with Gasteiger partial charge in [-0.3, -0.25) is 0 Å². The summed E-state index contributed by atoms with van der Waals surface area (Å²) in [5.41, 5.74) is 10.9. The van der Waals surface area contributed by atoms with Crippen LogP contribution in [0.15, 0.2) is 41.5 Å². The smallest absolute Gasteiger partial charge is 0.410 e. The standard InChI is InChI=1S/C35H50N2O3/c1-21-16-31-32(37(19-21)33(38)39-20-24-8-6-5-7-9-24)23(3)35(40-31)15-13-27-28-11-10-25-17-26(36)12-14-34(25,4)30(28)18-29(27)22(35)2/h5-9,21,23,25-28,30-32H,10-20,36H2,1-4H3/t21?,23-,25-,26-,27+,28?,30+,31-,32+,34+,35+/m1/s1. The number of nitrogens with zero attached hydrogens (tertiary/aromatic N) is 1. The first-order valence-corrected chi connectivity index (χ1v) is 16.3. The van der Waals surface area contributed by atoms with Crippen LogP contribution >= 0.6 is 0 Å². The van der Waals surface area contributed by atoms with E-state index in [-0.39, 0.29) is 29.8 Å². The first kappa shape index (κ1) is 27.0. The Morgan fingerprint density at radius 2 is 1.90 bits per heavy atom. The summed E-state index contributed by atoms with van der Waals surface area (Å²) in [5.74, 6) is 3.83. The fraction of sp³-hybridized carbons (Fsp3) is 0.743. The van der Waals surface area contributed by atoms with Crippen molar-refractivity contribution in [2.24, 2.45) is 46.7 Å². The maximum Gasteiger partial charge on any atom is 0.410 e. The number of piperidine rings is 1. The zero-order chi connectivity index (χ0) is 27.8. The molecule has 0 bridgehead atoms. The molecule has 5 heteroatoms. The van der Waals surface area contributed by atoms with E-state index in [0.29, 0.717) is 24.0 Å². The number of allylic oxidation sites excluding steroid dienone is 1. The molecule has 218 valence electrons. The zero-order valence-corrected chi connectivity index (χ0v) is 25.1. The molecule has 5 nitrogen and oxygen atoms in total. The molecular weight excluding hydrogens is 496 g/mol. The summed E-state index contributed by atoms with van der Waals surface area (Å²) in [6.45, 7) is 10.7. The van der Waals surface area contributed by atoms with Crippen molar-refractivity contribution in [2.45, 2.75) is 116 Å². The third kappa shape index (κ3) is 4.04. The van der Waals surface area contributed by atoms with E-state index >= 15 is 0 Å². The van der Waals surface area contributed by atoms with Crippen LogP contribution in [-0.2, 0) is 16.1 Å². The predicted molar refractivity (Wildman–Crippen MR) is 157 cm³/mol. The minimum atomic E-state index is -0.244. The van der Waals surface area contributed by atoms with Crippen molar-refractivity contribution < 1.29 is 14.3 Å². The Morgan fingerprint density at radius 1 is 1.10 bits per heavy atom. The van der Waals surface area contributed by atoms with Gasteiger partial charge in [-0.15, -0.1) is 0 Å². The highest BCUT2D eigenvalue weighted by Gasteiger charge is 2.63. The van der Waals surface area contributed by atoms with Gasteiger partial charge in [0.05, 0.1) is 17.7 Å². The van der Waals surface area contributed by atoms with Crippen molar-refractivity contribution in [1.82, 2.24) is 4.90 Å². The highest BCUT2D eigenvalue weighted by atomic mass is 16.6. The summed E-state index contributed by atoms with van der Waals surface area (Å²) in [4.78, 5) is 15.6. The van der Waals surface area contributed by atoms with Crippen molar-refractivity contribution in [3.8, 4) is 0 Å². The molecule has 1 spiro atoms. The van der Waals surface area contributed by atoms with E-state index in [4.69, 9.17) is 15.2 Å². The second kappa shape index (κ2) is 9.87. The van der Waals surface area contributed by atoms with Crippen LogP contribution in [-0.4, -0.2) is 41.3 Å². The van der Waals surface area contributed by atoms with Crippen LogP contribution in [0.5, 0.6) is 0 Å². The van der Waals surface area contributed by atoms with Crippen LogP contribution in [0.4, 0.5) is 4.79 Å². The zero-order valence-electron chi connectivity index (χ0n) is 25.1. The molecule has 2 heterocycles. The maximum atomic E-state index is 13.5. The Hall–Kier alpha value is -1.85. The molecule has 2 unspecified atom stereocenters. The molecule has 7 rings (SSSR count). The molecule has 2 aliphatic heterocycles. The summed E-state index contributed by atoms with van der Waals surface area (Å²) in [6, 6.07) is 10.5. The SMILES string of the molecule is CC1=C2C[C@H]3C(CC[C@@H]4C[C@H](N)CC[C@@]43C)[C@@H]2CC[C@]12O[C@@H]1CC(C)CN(C(=O)OCc3ccccc3)[C@H]1[C@H]2C. The van der Waals surface area contributed by atoms with Crippen LogP contribution in [0.25, 0.3) is 0 Å². The van der Waals surface area contributed by atoms with Gasteiger partial charge in [-0.05, 0) is 111 Å². The van der Waals surface area contributed by atoms with Gasteiger partial charge in [-0.2, -0.15) is 0 Å². The Balaban J connectivity index is 1.15. The largest absolute Gasteiger partial charge is 0.445 e. The van der Waals surface area contributed by atoms with Gasteiger partial charge in [0.2, 0.25) is 0 Å². The summed E-state index contributed by atoms with van der Waals surface area (Å²) < 4.78 is 13.1. The molecule has 1 aromatic carbocycles. The second-order valence-electron chi connectivity index (χ2n) is 14.9. The van der Waals surface area contributed by atoms with Crippen molar-refractivity contribution in [1.29, 1.82) is 0 Å². The summed E-state index contributed by atoms with van der Waals surface area (Å²) in [6.07, 6.45) is 11.0. The molecular formula is C35H50N2O3. The molecule has 2 N–H and O–H groups in total. The molecule has 4 aliphatic carbocycles. The predicted octanol–water partition coefficient (Wildman–Crippen LogP) is 7.10. The highest BCUT2D eigenvalue weighted by Crippen LogP contribution is 2.66. The average molecular weight is 547 g/mol. The van der Waals surface area contributed by atoms with E-state index in [1.54, 1.807) is 5.57 Å². The fourth-order valence-electron chi connectivity index (χ4n) is 11.0. The molecule has 1 amide bonds. The van der Waals surface area contributed by atoms with Gasteiger partial charge < -0.3 is 20.1 Å². The summed E-state index contributed by atoms with van der Waals surface area (Å²) in [5, 5.41) is 0. The van der Waals surface area contributed by atoms with Gasteiger partial charge >= 0.3 is 6.09 Å². The van der Waals surface area contributed by atoms with Gasteiger partial charge in [0.15, 0.2) is 0 Å². The lowest BCUT2D eigenvalue weighted by Crippen LogP contribution is -2.54. The Bertz CT molecular complexity index is 1170. The van der Waals surface area contributed by atoms with Gasteiger partial charge in [0.1, 0.15) is 6.61 Å². The van der Waals surface area contributed by atoms with Gasteiger partial charge in [-0.1, -0.05) is 56.7 Å².